The van der Waals surface area contributed by atoms with Crippen LogP contribution in [0.15, 0.2) is 6.07 Å². The fourth-order valence-corrected chi connectivity index (χ4v) is 2.27. The van der Waals surface area contributed by atoms with Crippen LogP contribution in [0.4, 0.5) is 5.82 Å². The van der Waals surface area contributed by atoms with Crippen molar-refractivity contribution < 1.29 is 14.6 Å². The molecule has 0 aliphatic carbocycles. The zero-order valence-electron chi connectivity index (χ0n) is 10.8. The molecule has 1 aromatic rings. The Morgan fingerprint density at radius 2 is 2.22 bits per heavy atom. The molecule has 1 N–H and O–H groups in total. The lowest BCUT2D eigenvalue weighted by Gasteiger charge is -2.17. The van der Waals surface area contributed by atoms with Crippen LogP contribution in [0.3, 0.4) is 0 Å². The first-order valence-electron chi connectivity index (χ1n) is 5.88. The summed E-state index contributed by atoms with van der Waals surface area (Å²) >= 11 is 0. The van der Waals surface area contributed by atoms with Crippen molar-refractivity contribution in [3.05, 3.63) is 11.9 Å². The molecule has 0 aromatic carbocycles. The molecule has 0 saturated carbocycles. The SMILES string of the molecule is COc1cc(N2CC(C)C(C(=O)O)C2)nc(C)n1. The van der Waals surface area contributed by atoms with E-state index >= 15 is 0 Å². The zero-order chi connectivity index (χ0) is 13.3. The quantitative estimate of drug-likeness (QED) is 0.862. The van der Waals surface area contributed by atoms with E-state index in [1.165, 1.54) is 0 Å². The minimum absolute atomic E-state index is 0.115. The maximum atomic E-state index is 11.1. The lowest BCUT2D eigenvalue weighted by Crippen LogP contribution is -2.24. The van der Waals surface area contributed by atoms with Crippen molar-refractivity contribution in [3.8, 4) is 5.88 Å². The van der Waals surface area contributed by atoms with Crippen molar-refractivity contribution in [1.82, 2.24) is 9.97 Å². The van der Waals surface area contributed by atoms with E-state index in [-0.39, 0.29) is 11.8 Å². The molecule has 18 heavy (non-hydrogen) atoms. The summed E-state index contributed by atoms with van der Waals surface area (Å²) in [5, 5.41) is 9.12. The minimum atomic E-state index is -0.747. The van der Waals surface area contributed by atoms with Gasteiger partial charge in [0.1, 0.15) is 11.6 Å². The fraction of sp³-hybridized carbons (Fsp3) is 0.583. The highest BCUT2D eigenvalue weighted by Crippen LogP contribution is 2.28. The Bertz CT molecular complexity index is 464. The van der Waals surface area contributed by atoms with Crippen molar-refractivity contribution in [2.24, 2.45) is 11.8 Å². The van der Waals surface area contributed by atoms with Crippen LogP contribution in [0.5, 0.6) is 5.88 Å². The maximum Gasteiger partial charge on any atom is 0.308 e. The lowest BCUT2D eigenvalue weighted by atomic mass is 9.99. The number of ether oxygens (including phenoxy) is 1. The molecule has 1 saturated heterocycles. The number of aromatic nitrogens is 2. The highest BCUT2D eigenvalue weighted by molar-refractivity contribution is 5.72. The molecular weight excluding hydrogens is 234 g/mol. The topological polar surface area (TPSA) is 75.5 Å². The van der Waals surface area contributed by atoms with Gasteiger partial charge in [-0.15, -0.1) is 0 Å². The van der Waals surface area contributed by atoms with Gasteiger partial charge >= 0.3 is 5.97 Å². The van der Waals surface area contributed by atoms with Gasteiger partial charge < -0.3 is 14.7 Å². The number of carboxylic acids is 1. The van der Waals surface area contributed by atoms with Crippen molar-refractivity contribution in [2.75, 3.05) is 25.1 Å². The molecule has 2 unspecified atom stereocenters. The Hall–Kier alpha value is -1.85. The molecule has 1 fully saturated rings. The molecule has 2 heterocycles. The monoisotopic (exact) mass is 251 g/mol. The summed E-state index contributed by atoms with van der Waals surface area (Å²) in [7, 11) is 1.55. The van der Waals surface area contributed by atoms with Gasteiger partial charge in [-0.2, -0.15) is 4.98 Å². The second-order valence-electron chi connectivity index (χ2n) is 4.64. The molecule has 0 radical (unpaired) electrons. The van der Waals surface area contributed by atoms with Gasteiger partial charge in [0.15, 0.2) is 0 Å². The van der Waals surface area contributed by atoms with Crippen molar-refractivity contribution in [3.63, 3.8) is 0 Å². The minimum Gasteiger partial charge on any atom is -0.481 e. The van der Waals surface area contributed by atoms with Crippen LogP contribution in [0.2, 0.25) is 0 Å². The molecular formula is C12H17N3O3. The van der Waals surface area contributed by atoms with Crippen molar-refractivity contribution >= 4 is 11.8 Å². The number of aliphatic carboxylic acids is 1. The Morgan fingerprint density at radius 3 is 2.78 bits per heavy atom. The molecule has 2 rings (SSSR count). The van der Waals surface area contributed by atoms with E-state index in [0.29, 0.717) is 24.8 Å². The van der Waals surface area contributed by atoms with Gasteiger partial charge in [-0.1, -0.05) is 6.92 Å². The highest BCUT2D eigenvalue weighted by atomic mass is 16.5. The first kappa shape index (κ1) is 12.6. The predicted molar refractivity (Wildman–Crippen MR) is 65.8 cm³/mol. The van der Waals surface area contributed by atoms with E-state index < -0.39 is 5.97 Å². The number of hydrogen-bond donors (Lipinski definition) is 1. The Kier molecular flexibility index (Phi) is 3.36. The van der Waals surface area contributed by atoms with E-state index in [0.717, 1.165) is 5.82 Å². The van der Waals surface area contributed by atoms with Crippen molar-refractivity contribution in [1.29, 1.82) is 0 Å². The summed E-state index contributed by atoms with van der Waals surface area (Å²) in [4.78, 5) is 21.5. The molecule has 1 aliphatic rings. The first-order chi connectivity index (χ1) is 8.51. The number of carboxylic acid groups (broad SMARTS) is 1. The Balaban J connectivity index is 2.23. The normalized spacial score (nSPS) is 23.2. The van der Waals surface area contributed by atoms with Gasteiger partial charge in [-0.05, 0) is 12.8 Å². The third-order valence-electron chi connectivity index (χ3n) is 3.26. The smallest absolute Gasteiger partial charge is 0.308 e. The number of aryl methyl sites for hydroxylation is 1. The molecule has 6 heteroatoms. The number of rotatable bonds is 3. The average molecular weight is 251 g/mol. The van der Waals surface area contributed by atoms with E-state index in [9.17, 15) is 4.79 Å². The van der Waals surface area contributed by atoms with Gasteiger partial charge in [0.05, 0.1) is 13.0 Å². The third kappa shape index (κ3) is 2.37. The average Bonchev–Trinajstić information content (AvgIpc) is 2.70. The molecule has 0 spiro atoms. The van der Waals surface area contributed by atoms with Gasteiger partial charge in [0, 0.05) is 19.2 Å². The first-order valence-corrected chi connectivity index (χ1v) is 5.88. The third-order valence-corrected chi connectivity index (χ3v) is 3.26. The molecule has 1 aliphatic heterocycles. The van der Waals surface area contributed by atoms with Crippen LogP contribution in [0, 0.1) is 18.8 Å². The Morgan fingerprint density at radius 1 is 1.50 bits per heavy atom. The highest BCUT2D eigenvalue weighted by Gasteiger charge is 2.35. The van der Waals surface area contributed by atoms with E-state index in [1.54, 1.807) is 20.1 Å². The summed E-state index contributed by atoms with van der Waals surface area (Å²) in [5.74, 6) is 0.882. The van der Waals surface area contributed by atoms with Gasteiger partial charge in [0.25, 0.3) is 0 Å². The molecule has 1 aromatic heterocycles. The second-order valence-corrected chi connectivity index (χ2v) is 4.64. The number of nitrogens with zero attached hydrogens (tertiary/aromatic N) is 3. The predicted octanol–water partition coefficient (Wildman–Crippen LogP) is 0.951. The van der Waals surface area contributed by atoms with Crippen LogP contribution in [-0.2, 0) is 4.79 Å². The van der Waals surface area contributed by atoms with Gasteiger partial charge in [-0.3, -0.25) is 4.79 Å². The standard InChI is InChI=1S/C12H17N3O3/c1-7-5-15(6-9(7)12(16)17)10-4-11(18-3)14-8(2)13-10/h4,7,9H,5-6H2,1-3H3,(H,16,17). The van der Waals surface area contributed by atoms with Crippen LogP contribution in [0.25, 0.3) is 0 Å². The zero-order valence-corrected chi connectivity index (χ0v) is 10.8. The van der Waals surface area contributed by atoms with Crippen molar-refractivity contribution in [2.45, 2.75) is 13.8 Å². The fourth-order valence-electron chi connectivity index (χ4n) is 2.27. The summed E-state index contributed by atoms with van der Waals surface area (Å²) in [6.07, 6.45) is 0. The largest absolute Gasteiger partial charge is 0.481 e. The second kappa shape index (κ2) is 4.80. The summed E-state index contributed by atoms with van der Waals surface area (Å²) in [5.41, 5.74) is 0. The number of anilines is 1. The van der Waals surface area contributed by atoms with E-state index in [1.807, 2.05) is 11.8 Å². The van der Waals surface area contributed by atoms with Gasteiger partial charge in [-0.25, -0.2) is 4.98 Å². The summed E-state index contributed by atoms with van der Waals surface area (Å²) in [6, 6.07) is 1.74. The van der Waals surface area contributed by atoms with Gasteiger partial charge in [0.2, 0.25) is 5.88 Å². The van der Waals surface area contributed by atoms with E-state index in [2.05, 4.69) is 9.97 Å². The van der Waals surface area contributed by atoms with Crippen LogP contribution >= 0.6 is 0 Å². The molecule has 6 nitrogen and oxygen atoms in total. The summed E-state index contributed by atoms with van der Waals surface area (Å²) < 4.78 is 5.10. The Labute approximate surface area is 106 Å². The maximum absolute atomic E-state index is 11.1. The number of carbonyl (C=O) groups is 1. The molecule has 0 amide bonds. The van der Waals surface area contributed by atoms with Crippen LogP contribution < -0.4 is 9.64 Å². The van der Waals surface area contributed by atoms with Crippen LogP contribution in [0.1, 0.15) is 12.7 Å². The molecule has 2 atom stereocenters. The number of hydrogen-bond acceptors (Lipinski definition) is 5. The summed E-state index contributed by atoms with van der Waals surface area (Å²) in [6.45, 7) is 4.91. The molecule has 0 bridgehead atoms. The molecule has 98 valence electrons. The lowest BCUT2D eigenvalue weighted by molar-refractivity contribution is -0.142. The number of methoxy groups -OCH3 is 1. The van der Waals surface area contributed by atoms with Crippen LogP contribution in [-0.4, -0.2) is 41.2 Å². The van der Waals surface area contributed by atoms with E-state index in [4.69, 9.17) is 9.84 Å².